The normalized spacial score (nSPS) is 18.6. The SMILES string of the molecule is O=C1CC=C(F)C=N1. The van der Waals surface area contributed by atoms with Gasteiger partial charge in [-0.25, -0.2) is 9.38 Å². The van der Waals surface area contributed by atoms with Crippen LogP contribution in [0, 0.1) is 0 Å². The molecule has 0 atom stereocenters. The topological polar surface area (TPSA) is 29.4 Å². The van der Waals surface area contributed by atoms with Crippen molar-refractivity contribution in [3.05, 3.63) is 11.9 Å². The van der Waals surface area contributed by atoms with Crippen LogP contribution in [0.3, 0.4) is 0 Å². The Labute approximate surface area is 45.7 Å². The van der Waals surface area contributed by atoms with Crippen LogP contribution >= 0.6 is 0 Å². The van der Waals surface area contributed by atoms with Crippen molar-refractivity contribution < 1.29 is 9.18 Å². The monoisotopic (exact) mass is 113 g/mol. The third-order valence-corrected chi connectivity index (χ3v) is 0.804. The zero-order chi connectivity index (χ0) is 5.98. The van der Waals surface area contributed by atoms with Gasteiger partial charge >= 0.3 is 0 Å². The lowest BCUT2D eigenvalue weighted by Crippen LogP contribution is -1.96. The van der Waals surface area contributed by atoms with Crippen molar-refractivity contribution in [2.24, 2.45) is 4.99 Å². The number of carbonyl (C=O) groups excluding carboxylic acids is 1. The van der Waals surface area contributed by atoms with E-state index in [0.717, 1.165) is 6.21 Å². The van der Waals surface area contributed by atoms with Crippen LogP contribution in [0.1, 0.15) is 6.42 Å². The van der Waals surface area contributed by atoms with E-state index in [1.807, 2.05) is 0 Å². The summed E-state index contributed by atoms with van der Waals surface area (Å²) in [4.78, 5) is 13.4. The largest absolute Gasteiger partial charge is 0.272 e. The first-order valence-electron chi connectivity index (χ1n) is 2.21. The smallest absolute Gasteiger partial charge is 0.249 e. The van der Waals surface area contributed by atoms with E-state index in [9.17, 15) is 9.18 Å². The molecule has 0 aromatic carbocycles. The van der Waals surface area contributed by atoms with Gasteiger partial charge in [0.1, 0.15) is 5.83 Å². The molecule has 1 aliphatic rings. The van der Waals surface area contributed by atoms with Crippen molar-refractivity contribution in [1.82, 2.24) is 0 Å². The Balaban J connectivity index is 2.71. The first kappa shape index (κ1) is 5.15. The van der Waals surface area contributed by atoms with Crippen LogP contribution in [0.15, 0.2) is 16.9 Å². The second-order valence-corrected chi connectivity index (χ2v) is 1.45. The van der Waals surface area contributed by atoms with Gasteiger partial charge in [-0.2, -0.15) is 0 Å². The van der Waals surface area contributed by atoms with Gasteiger partial charge in [0.2, 0.25) is 5.91 Å². The molecule has 0 spiro atoms. The number of hydrogen-bond acceptors (Lipinski definition) is 1. The number of halogens is 1. The molecule has 0 fully saturated rings. The van der Waals surface area contributed by atoms with Crippen molar-refractivity contribution in [2.45, 2.75) is 6.42 Å². The minimum absolute atomic E-state index is 0.0995. The summed E-state index contributed by atoms with van der Waals surface area (Å²) in [5.74, 6) is -0.712. The van der Waals surface area contributed by atoms with E-state index in [2.05, 4.69) is 4.99 Å². The average Bonchev–Trinajstić information content (AvgIpc) is 1.77. The van der Waals surface area contributed by atoms with Crippen molar-refractivity contribution >= 4 is 12.1 Å². The minimum Gasteiger partial charge on any atom is -0.272 e. The summed E-state index contributed by atoms with van der Waals surface area (Å²) in [7, 11) is 0. The molecular weight excluding hydrogens is 109 g/mol. The molecule has 1 heterocycles. The number of nitrogens with zero attached hydrogens (tertiary/aromatic N) is 1. The molecular formula is C5H4FNO. The van der Waals surface area contributed by atoms with Gasteiger partial charge in [0.05, 0.1) is 12.6 Å². The fourth-order valence-corrected chi connectivity index (χ4v) is 0.424. The van der Waals surface area contributed by atoms with Gasteiger partial charge in [0, 0.05) is 0 Å². The summed E-state index contributed by atoms with van der Waals surface area (Å²) >= 11 is 0. The maximum absolute atomic E-state index is 11.9. The fourth-order valence-electron chi connectivity index (χ4n) is 0.424. The van der Waals surface area contributed by atoms with E-state index in [1.165, 1.54) is 6.08 Å². The lowest BCUT2D eigenvalue weighted by molar-refractivity contribution is -0.117. The Morgan fingerprint density at radius 1 is 1.75 bits per heavy atom. The summed E-state index contributed by atoms with van der Waals surface area (Å²) in [6.45, 7) is 0. The zero-order valence-corrected chi connectivity index (χ0v) is 4.10. The number of amides is 1. The van der Waals surface area contributed by atoms with Gasteiger partial charge in [-0.05, 0) is 6.08 Å². The van der Waals surface area contributed by atoms with Gasteiger partial charge in [0.25, 0.3) is 0 Å². The predicted molar refractivity (Wildman–Crippen MR) is 27.3 cm³/mol. The van der Waals surface area contributed by atoms with Gasteiger partial charge < -0.3 is 0 Å². The maximum atomic E-state index is 11.9. The van der Waals surface area contributed by atoms with E-state index in [4.69, 9.17) is 0 Å². The van der Waals surface area contributed by atoms with Gasteiger partial charge in [-0.15, -0.1) is 0 Å². The lowest BCUT2D eigenvalue weighted by Gasteiger charge is -1.92. The molecule has 3 heteroatoms. The molecule has 0 saturated carbocycles. The molecule has 0 N–H and O–H groups in total. The van der Waals surface area contributed by atoms with Crippen LogP contribution in [0.2, 0.25) is 0 Å². The highest BCUT2D eigenvalue weighted by Gasteiger charge is 2.01. The third-order valence-electron chi connectivity index (χ3n) is 0.804. The predicted octanol–water partition coefficient (Wildman–Crippen LogP) is 0.841. The summed E-state index contributed by atoms with van der Waals surface area (Å²) in [5, 5.41) is 0. The van der Waals surface area contributed by atoms with Crippen LogP contribution < -0.4 is 0 Å². The second-order valence-electron chi connectivity index (χ2n) is 1.45. The summed E-state index contributed by atoms with van der Waals surface area (Å²) in [6, 6.07) is 0. The number of allylic oxidation sites excluding steroid dienone is 1. The number of aliphatic imine (C=N–C) groups is 1. The first-order valence-corrected chi connectivity index (χ1v) is 2.21. The fraction of sp³-hybridized carbons (Fsp3) is 0.200. The molecule has 0 saturated heterocycles. The van der Waals surface area contributed by atoms with Crippen molar-refractivity contribution in [3.63, 3.8) is 0 Å². The summed E-state index contributed by atoms with van der Waals surface area (Å²) < 4.78 is 11.9. The Kier molecular flexibility index (Phi) is 1.20. The van der Waals surface area contributed by atoms with Gasteiger partial charge in [0.15, 0.2) is 0 Å². The van der Waals surface area contributed by atoms with Crippen LogP contribution in [-0.4, -0.2) is 12.1 Å². The standard InChI is InChI=1S/C5H4FNO/c6-4-1-2-5(8)7-3-4/h1,3H,2H2. The molecule has 1 rings (SSSR count). The van der Waals surface area contributed by atoms with Crippen molar-refractivity contribution in [1.29, 1.82) is 0 Å². The number of dihydropyridines is 1. The van der Waals surface area contributed by atoms with Crippen LogP contribution in [0.4, 0.5) is 4.39 Å². The van der Waals surface area contributed by atoms with Crippen LogP contribution in [0.25, 0.3) is 0 Å². The third kappa shape index (κ3) is 0.992. The molecule has 0 radical (unpaired) electrons. The number of hydrogen-bond donors (Lipinski definition) is 0. The maximum Gasteiger partial charge on any atom is 0.249 e. The molecule has 8 heavy (non-hydrogen) atoms. The van der Waals surface area contributed by atoms with Crippen LogP contribution in [0.5, 0.6) is 0 Å². The first-order chi connectivity index (χ1) is 3.79. The highest BCUT2D eigenvalue weighted by atomic mass is 19.1. The van der Waals surface area contributed by atoms with Crippen molar-refractivity contribution in [3.8, 4) is 0 Å². The molecule has 0 aromatic rings. The summed E-state index contributed by atoms with van der Waals surface area (Å²) in [5.41, 5.74) is 0. The lowest BCUT2D eigenvalue weighted by atomic mass is 10.3. The number of carbonyl (C=O) groups is 1. The van der Waals surface area contributed by atoms with E-state index < -0.39 is 5.83 Å². The van der Waals surface area contributed by atoms with E-state index in [1.54, 1.807) is 0 Å². The molecule has 1 amide bonds. The molecule has 0 aliphatic carbocycles. The van der Waals surface area contributed by atoms with Crippen molar-refractivity contribution in [2.75, 3.05) is 0 Å². The van der Waals surface area contributed by atoms with E-state index >= 15 is 0 Å². The Bertz CT molecular complexity index is 169. The van der Waals surface area contributed by atoms with E-state index in [-0.39, 0.29) is 12.3 Å². The second kappa shape index (κ2) is 1.86. The molecule has 2 nitrogen and oxygen atoms in total. The molecule has 0 aromatic heterocycles. The quantitative estimate of drug-likeness (QED) is 0.457. The molecule has 42 valence electrons. The zero-order valence-electron chi connectivity index (χ0n) is 4.10. The molecule has 1 aliphatic heterocycles. The minimum atomic E-state index is -0.426. The van der Waals surface area contributed by atoms with E-state index in [0.29, 0.717) is 0 Å². The highest BCUT2D eigenvalue weighted by molar-refractivity contribution is 5.94. The highest BCUT2D eigenvalue weighted by Crippen LogP contribution is 2.01. The number of rotatable bonds is 0. The average molecular weight is 113 g/mol. The molecule has 0 unspecified atom stereocenters. The van der Waals surface area contributed by atoms with Crippen LogP contribution in [-0.2, 0) is 4.79 Å². The Morgan fingerprint density at radius 2 is 2.50 bits per heavy atom. The van der Waals surface area contributed by atoms with Gasteiger partial charge in [-0.1, -0.05) is 0 Å². The Morgan fingerprint density at radius 3 is 2.88 bits per heavy atom. The molecule has 0 bridgehead atoms. The van der Waals surface area contributed by atoms with Gasteiger partial charge in [-0.3, -0.25) is 4.79 Å². The summed E-state index contributed by atoms with van der Waals surface area (Å²) in [6.07, 6.45) is 2.23. The Hall–Kier alpha value is -0.990.